The third-order valence-corrected chi connectivity index (χ3v) is 3.62. The molecule has 114 valence electrons. The van der Waals surface area contributed by atoms with Crippen LogP contribution in [-0.4, -0.2) is 61.8 Å². The highest BCUT2D eigenvalue weighted by Crippen LogP contribution is 2.23. The van der Waals surface area contributed by atoms with E-state index in [0.717, 1.165) is 5.69 Å². The Morgan fingerprint density at radius 3 is 2.71 bits per heavy atom. The number of anilines is 1. The number of aliphatic hydroxyl groups is 1. The molecule has 1 heterocycles. The maximum atomic E-state index is 12.6. The average molecular weight is 292 g/mol. The second-order valence-corrected chi connectivity index (χ2v) is 5.33. The molecule has 2 atom stereocenters. The van der Waals surface area contributed by atoms with Crippen molar-refractivity contribution in [2.24, 2.45) is 0 Å². The van der Waals surface area contributed by atoms with E-state index in [1.807, 2.05) is 25.1 Å². The second kappa shape index (κ2) is 6.13. The van der Waals surface area contributed by atoms with Crippen molar-refractivity contribution in [2.75, 3.05) is 32.6 Å². The molecular formula is C15H20N2O4. The zero-order valence-corrected chi connectivity index (χ0v) is 12.4. The summed E-state index contributed by atoms with van der Waals surface area (Å²) in [5.41, 5.74) is 1.39. The van der Waals surface area contributed by atoms with Crippen LogP contribution in [0.4, 0.5) is 5.69 Å². The topological polar surface area (TPSA) is 70.1 Å². The summed E-state index contributed by atoms with van der Waals surface area (Å²) in [6, 6.07) is 6.44. The van der Waals surface area contributed by atoms with Crippen molar-refractivity contribution in [1.29, 1.82) is 0 Å². The van der Waals surface area contributed by atoms with Gasteiger partial charge in [0.05, 0.1) is 13.2 Å². The number of carbonyl (C=O) groups is 2. The molecule has 6 nitrogen and oxygen atoms in total. The van der Waals surface area contributed by atoms with E-state index < -0.39 is 18.1 Å². The molecule has 21 heavy (non-hydrogen) atoms. The van der Waals surface area contributed by atoms with Crippen molar-refractivity contribution in [3.63, 3.8) is 0 Å². The lowest BCUT2D eigenvalue weighted by molar-refractivity contribution is -0.145. The number of benzene rings is 1. The van der Waals surface area contributed by atoms with Gasteiger partial charge in [-0.25, -0.2) is 4.79 Å². The van der Waals surface area contributed by atoms with Gasteiger partial charge in [-0.15, -0.1) is 0 Å². The Kier molecular flexibility index (Phi) is 4.47. The molecule has 1 aromatic carbocycles. The summed E-state index contributed by atoms with van der Waals surface area (Å²) < 4.78 is 4.71. The van der Waals surface area contributed by atoms with Gasteiger partial charge in [-0.05, 0) is 18.2 Å². The van der Waals surface area contributed by atoms with Gasteiger partial charge in [0.1, 0.15) is 6.04 Å². The molecule has 1 aliphatic heterocycles. The lowest BCUT2D eigenvalue weighted by Gasteiger charge is -2.23. The van der Waals surface area contributed by atoms with Crippen molar-refractivity contribution in [1.82, 2.24) is 4.90 Å². The van der Waals surface area contributed by atoms with E-state index in [2.05, 4.69) is 0 Å². The van der Waals surface area contributed by atoms with Crippen molar-refractivity contribution in [3.8, 4) is 0 Å². The molecule has 1 N–H and O–H groups in total. The first-order chi connectivity index (χ1) is 9.93. The molecule has 1 fully saturated rings. The normalized spacial score (nSPS) is 21.2. The number of β-amino-alcohol motifs (C(OH)–C–C–N with tert-alkyl or cyclic N) is 1. The number of methoxy groups -OCH3 is 1. The van der Waals surface area contributed by atoms with Crippen LogP contribution in [0.1, 0.15) is 16.8 Å². The van der Waals surface area contributed by atoms with E-state index in [1.165, 1.54) is 12.0 Å². The predicted octanol–water partition coefficient (Wildman–Crippen LogP) is 0.501. The Balaban J connectivity index is 2.26. The van der Waals surface area contributed by atoms with Crippen LogP contribution in [0.15, 0.2) is 24.3 Å². The molecule has 0 saturated carbocycles. The van der Waals surface area contributed by atoms with Crippen LogP contribution in [0.5, 0.6) is 0 Å². The highest BCUT2D eigenvalue weighted by atomic mass is 16.5. The third-order valence-electron chi connectivity index (χ3n) is 3.62. The van der Waals surface area contributed by atoms with Gasteiger partial charge in [-0.3, -0.25) is 4.79 Å². The van der Waals surface area contributed by atoms with Crippen LogP contribution in [-0.2, 0) is 9.53 Å². The smallest absolute Gasteiger partial charge is 0.328 e. The van der Waals surface area contributed by atoms with Gasteiger partial charge in [0.15, 0.2) is 0 Å². The summed E-state index contributed by atoms with van der Waals surface area (Å²) in [5.74, 6) is -0.769. The number of hydrogen-bond donors (Lipinski definition) is 1. The third kappa shape index (κ3) is 3.16. The van der Waals surface area contributed by atoms with E-state index in [4.69, 9.17) is 4.74 Å². The van der Waals surface area contributed by atoms with Gasteiger partial charge in [-0.1, -0.05) is 6.07 Å². The summed E-state index contributed by atoms with van der Waals surface area (Å²) in [4.78, 5) is 27.6. The van der Waals surface area contributed by atoms with E-state index in [0.29, 0.717) is 5.56 Å². The Hall–Kier alpha value is -2.08. The van der Waals surface area contributed by atoms with Gasteiger partial charge in [0, 0.05) is 38.3 Å². The first kappa shape index (κ1) is 15.3. The number of hydrogen-bond acceptors (Lipinski definition) is 5. The summed E-state index contributed by atoms with van der Waals surface area (Å²) in [7, 11) is 5.06. The van der Waals surface area contributed by atoms with Gasteiger partial charge in [-0.2, -0.15) is 0 Å². The van der Waals surface area contributed by atoms with Crippen LogP contribution in [0.25, 0.3) is 0 Å². The highest BCUT2D eigenvalue weighted by Gasteiger charge is 2.39. The van der Waals surface area contributed by atoms with Crippen molar-refractivity contribution in [2.45, 2.75) is 18.6 Å². The molecule has 1 aliphatic rings. The summed E-state index contributed by atoms with van der Waals surface area (Å²) in [6.07, 6.45) is -0.485. The van der Waals surface area contributed by atoms with E-state index in [9.17, 15) is 14.7 Å². The summed E-state index contributed by atoms with van der Waals surface area (Å²) in [6.45, 7) is 0.144. The minimum absolute atomic E-state index is 0.144. The minimum atomic E-state index is -0.722. The number of amides is 1. The van der Waals surface area contributed by atoms with Crippen LogP contribution >= 0.6 is 0 Å². The number of carbonyl (C=O) groups excluding carboxylic acids is 2. The largest absolute Gasteiger partial charge is 0.467 e. The highest BCUT2D eigenvalue weighted by molar-refractivity contribution is 5.98. The molecule has 2 unspecified atom stereocenters. The Morgan fingerprint density at radius 1 is 1.38 bits per heavy atom. The van der Waals surface area contributed by atoms with Crippen LogP contribution < -0.4 is 4.90 Å². The quantitative estimate of drug-likeness (QED) is 0.822. The second-order valence-electron chi connectivity index (χ2n) is 5.33. The molecule has 1 amide bonds. The van der Waals surface area contributed by atoms with Gasteiger partial charge in [0.25, 0.3) is 5.91 Å². The van der Waals surface area contributed by atoms with E-state index in [-0.39, 0.29) is 18.9 Å². The molecule has 1 aromatic rings. The maximum absolute atomic E-state index is 12.6. The van der Waals surface area contributed by atoms with Crippen LogP contribution in [0.3, 0.4) is 0 Å². The molecule has 2 rings (SSSR count). The molecule has 0 bridgehead atoms. The summed E-state index contributed by atoms with van der Waals surface area (Å²) >= 11 is 0. The first-order valence-electron chi connectivity index (χ1n) is 6.78. The van der Waals surface area contributed by atoms with Crippen molar-refractivity contribution >= 4 is 17.6 Å². The number of likely N-dealkylation sites (tertiary alicyclic amines) is 1. The monoisotopic (exact) mass is 292 g/mol. The number of esters is 1. The van der Waals surface area contributed by atoms with E-state index >= 15 is 0 Å². The summed E-state index contributed by atoms with van der Waals surface area (Å²) in [5, 5.41) is 9.74. The minimum Gasteiger partial charge on any atom is -0.467 e. The lowest BCUT2D eigenvalue weighted by Crippen LogP contribution is -2.41. The molecule has 0 spiro atoms. The number of ether oxygens (including phenoxy) is 1. The molecule has 1 saturated heterocycles. The molecule has 0 radical (unpaired) electrons. The average Bonchev–Trinajstić information content (AvgIpc) is 2.87. The van der Waals surface area contributed by atoms with Crippen molar-refractivity contribution < 1.29 is 19.4 Å². The Bertz CT molecular complexity index is 544. The SMILES string of the molecule is COC(=O)C1CC(O)CN1C(=O)c1cccc(N(C)C)c1. The first-order valence-corrected chi connectivity index (χ1v) is 6.78. The number of aliphatic hydroxyl groups excluding tert-OH is 1. The number of rotatable bonds is 3. The fourth-order valence-corrected chi connectivity index (χ4v) is 2.48. The fraction of sp³-hybridized carbons (Fsp3) is 0.467. The fourth-order valence-electron chi connectivity index (χ4n) is 2.48. The Labute approximate surface area is 123 Å². The van der Waals surface area contributed by atoms with E-state index in [1.54, 1.807) is 18.2 Å². The standard InChI is InChI=1S/C15H20N2O4/c1-16(2)11-6-4-5-10(7-11)14(19)17-9-12(18)8-13(17)15(20)21-3/h4-7,12-13,18H,8-9H2,1-3H3. The van der Waals surface area contributed by atoms with Gasteiger partial charge >= 0.3 is 5.97 Å². The van der Waals surface area contributed by atoms with Crippen molar-refractivity contribution in [3.05, 3.63) is 29.8 Å². The predicted molar refractivity (Wildman–Crippen MR) is 78.2 cm³/mol. The molecular weight excluding hydrogens is 272 g/mol. The Morgan fingerprint density at radius 2 is 2.10 bits per heavy atom. The molecule has 0 aromatic heterocycles. The zero-order valence-electron chi connectivity index (χ0n) is 12.4. The molecule has 0 aliphatic carbocycles. The van der Waals surface area contributed by atoms with Crippen LogP contribution in [0.2, 0.25) is 0 Å². The maximum Gasteiger partial charge on any atom is 0.328 e. The number of nitrogens with zero attached hydrogens (tertiary/aromatic N) is 2. The van der Waals surface area contributed by atoms with Gasteiger partial charge < -0.3 is 19.6 Å². The van der Waals surface area contributed by atoms with Crippen LogP contribution in [0, 0.1) is 0 Å². The lowest BCUT2D eigenvalue weighted by atomic mass is 10.1. The molecule has 6 heteroatoms. The van der Waals surface area contributed by atoms with Gasteiger partial charge in [0.2, 0.25) is 0 Å². The zero-order chi connectivity index (χ0) is 15.6.